The lowest BCUT2D eigenvalue weighted by atomic mass is 9.92. The van der Waals surface area contributed by atoms with Crippen molar-refractivity contribution in [2.45, 2.75) is 89.9 Å². The number of fused-ring (bicyclic) bond motifs is 4. The number of carbonyl (C=O) groups excluding carboxylic acids is 1. The number of thiocarbonyl (C=S) groups is 1. The van der Waals surface area contributed by atoms with Gasteiger partial charge in [-0.2, -0.15) is 0 Å². The minimum Gasteiger partial charge on any atom is -0.392 e. The van der Waals surface area contributed by atoms with E-state index >= 15 is 0 Å². The maximum Gasteiger partial charge on any atom is 0.224 e. The van der Waals surface area contributed by atoms with Gasteiger partial charge in [0, 0.05) is 6.42 Å². The molecular weight excluding hydrogens is 523 g/mol. The molecule has 6 nitrogen and oxygen atoms in total. The molecule has 5 N–H and O–H groups in total. The molecule has 39 heavy (non-hydrogen) atoms. The summed E-state index contributed by atoms with van der Waals surface area (Å²) in [6.45, 7) is 0.297. The molecule has 0 fully saturated rings. The lowest BCUT2D eigenvalue weighted by Gasteiger charge is -2.15. The molecule has 8 heteroatoms. The number of amides is 1. The summed E-state index contributed by atoms with van der Waals surface area (Å²) in [5, 5.41) is 8.81. The smallest absolute Gasteiger partial charge is 0.224 e. The summed E-state index contributed by atoms with van der Waals surface area (Å²) in [7, 11) is 0. The van der Waals surface area contributed by atoms with Gasteiger partial charge in [0.2, 0.25) is 10.7 Å². The molecule has 1 heterocycles. The summed E-state index contributed by atoms with van der Waals surface area (Å²) >= 11 is 9.85. The number of rotatable bonds is 6. The largest absolute Gasteiger partial charge is 0.392 e. The minimum absolute atomic E-state index is 0.0344. The first-order valence-electron chi connectivity index (χ1n) is 14.5. The second kappa shape index (κ2) is 11.3. The van der Waals surface area contributed by atoms with Crippen molar-refractivity contribution >= 4 is 35.3 Å². The van der Waals surface area contributed by atoms with E-state index in [1.165, 1.54) is 92.0 Å². The fourth-order valence-electron chi connectivity index (χ4n) is 7.26. The highest BCUT2D eigenvalue weighted by molar-refractivity contribution is 7.80. The maximum absolute atomic E-state index is 12.1. The van der Waals surface area contributed by atoms with Gasteiger partial charge in [0.25, 0.3) is 0 Å². The van der Waals surface area contributed by atoms with E-state index in [0.29, 0.717) is 22.7 Å². The van der Waals surface area contributed by atoms with Crippen molar-refractivity contribution in [2.24, 2.45) is 5.73 Å². The van der Waals surface area contributed by atoms with E-state index in [2.05, 4.69) is 32.6 Å². The molecule has 2 aromatic carbocycles. The predicted octanol–water partition coefficient (Wildman–Crippen LogP) is 4.64. The van der Waals surface area contributed by atoms with Gasteiger partial charge in [0.05, 0.1) is 18.0 Å². The average molecular weight is 560 g/mol. The molecule has 0 atom stereocenters. The van der Waals surface area contributed by atoms with Crippen molar-refractivity contribution in [3.05, 3.63) is 78.4 Å². The van der Waals surface area contributed by atoms with Crippen LogP contribution in [-0.2, 0) is 69.0 Å². The summed E-state index contributed by atoms with van der Waals surface area (Å²) in [6, 6.07) is 4.86. The molecule has 3 aromatic rings. The Hall–Kier alpha value is -2.84. The summed E-state index contributed by atoms with van der Waals surface area (Å²) in [6.07, 6.45) is 16.0. The third kappa shape index (κ3) is 5.59. The van der Waals surface area contributed by atoms with Gasteiger partial charge in [0.1, 0.15) is 5.82 Å². The van der Waals surface area contributed by atoms with E-state index in [4.69, 9.17) is 30.2 Å². The third-order valence-electron chi connectivity index (χ3n) is 8.89. The number of hydrogen-bond acceptors (Lipinski definition) is 4. The third-order valence-corrected chi connectivity index (χ3v) is 9.23. The molecular formula is C31H37N5OS2. The van der Waals surface area contributed by atoms with Crippen LogP contribution in [-0.4, -0.2) is 32.6 Å². The number of nitrogens with two attached hydrogens (primary N) is 1. The molecule has 1 aromatic heterocycles. The molecule has 0 unspecified atom stereocenters. The van der Waals surface area contributed by atoms with Crippen LogP contribution in [0.25, 0.3) is 0 Å². The first-order valence-corrected chi connectivity index (χ1v) is 15.3. The Balaban J connectivity index is 0.000000142. The highest BCUT2D eigenvalue weighted by Crippen LogP contribution is 2.37. The van der Waals surface area contributed by atoms with Gasteiger partial charge in [-0.15, -0.1) is 0 Å². The number of nitrogens with zero attached hydrogens (tertiary/aromatic N) is 1. The Morgan fingerprint density at radius 1 is 0.795 bits per heavy atom. The van der Waals surface area contributed by atoms with Crippen LogP contribution in [0.1, 0.15) is 87.1 Å². The zero-order valence-electron chi connectivity index (χ0n) is 22.5. The van der Waals surface area contributed by atoms with Gasteiger partial charge in [-0.05, 0) is 145 Å². The number of aromatic amines is 2. The Bertz CT molecular complexity index is 1440. The predicted molar refractivity (Wildman–Crippen MR) is 161 cm³/mol. The van der Waals surface area contributed by atoms with E-state index in [0.717, 1.165) is 25.1 Å². The number of hydrogen-bond donors (Lipinski definition) is 4. The Kier molecular flexibility index (Phi) is 7.67. The van der Waals surface area contributed by atoms with Crippen LogP contribution < -0.4 is 11.1 Å². The first-order chi connectivity index (χ1) is 19.0. The van der Waals surface area contributed by atoms with Gasteiger partial charge in [-0.1, -0.05) is 24.4 Å². The van der Waals surface area contributed by atoms with Gasteiger partial charge in [0.15, 0.2) is 0 Å². The maximum atomic E-state index is 12.1. The van der Waals surface area contributed by atoms with E-state index in [9.17, 15) is 4.79 Å². The van der Waals surface area contributed by atoms with E-state index in [1.807, 2.05) is 0 Å². The number of nitrogens with one attached hydrogen (secondary N) is 3. The van der Waals surface area contributed by atoms with E-state index in [1.54, 1.807) is 27.8 Å². The SMILES string of the molecule is NC(=S)CNC(=O)Cc1c2c(cc3c1CCC3)CCC2.S=c1nc(Cc2c3c(cc4c2CCC4)CCC3)[nH][nH]1. The zero-order chi connectivity index (χ0) is 26.9. The normalized spacial score (nSPS) is 16.2. The van der Waals surface area contributed by atoms with Crippen LogP contribution >= 0.6 is 24.4 Å². The van der Waals surface area contributed by atoms with Gasteiger partial charge >= 0.3 is 0 Å². The number of carbonyl (C=O) groups is 1. The van der Waals surface area contributed by atoms with Gasteiger partial charge in [-0.25, -0.2) is 4.98 Å². The molecule has 7 rings (SSSR count). The average Bonchev–Trinajstić information content (AvgIpc) is 3.73. The highest BCUT2D eigenvalue weighted by Gasteiger charge is 2.26. The quantitative estimate of drug-likeness (QED) is 0.330. The molecule has 0 aliphatic heterocycles. The number of aryl methyl sites for hydroxylation is 4. The summed E-state index contributed by atoms with van der Waals surface area (Å²) < 4.78 is 0.555. The molecule has 0 radical (unpaired) electrons. The first kappa shape index (κ1) is 26.4. The van der Waals surface area contributed by atoms with Crippen LogP contribution in [0, 0.1) is 4.77 Å². The molecule has 0 saturated carbocycles. The van der Waals surface area contributed by atoms with Gasteiger partial charge < -0.3 is 11.1 Å². The van der Waals surface area contributed by atoms with Crippen LogP contribution in [0.5, 0.6) is 0 Å². The van der Waals surface area contributed by atoms with Crippen molar-refractivity contribution in [3.8, 4) is 0 Å². The number of H-pyrrole nitrogens is 2. The van der Waals surface area contributed by atoms with Crippen LogP contribution in [0.4, 0.5) is 0 Å². The second-order valence-electron chi connectivity index (χ2n) is 11.4. The topological polar surface area (TPSA) is 99.6 Å². The molecule has 0 saturated heterocycles. The summed E-state index contributed by atoms with van der Waals surface area (Å²) in [5.41, 5.74) is 20.5. The van der Waals surface area contributed by atoms with E-state index < -0.39 is 0 Å². The minimum atomic E-state index is 0.0344. The Morgan fingerprint density at radius 2 is 1.28 bits per heavy atom. The van der Waals surface area contributed by atoms with Crippen molar-refractivity contribution in [1.82, 2.24) is 20.5 Å². The second-order valence-corrected chi connectivity index (χ2v) is 12.3. The summed E-state index contributed by atoms with van der Waals surface area (Å²) in [4.78, 5) is 16.8. The summed E-state index contributed by atoms with van der Waals surface area (Å²) in [5.74, 6) is 1.01. The zero-order valence-corrected chi connectivity index (χ0v) is 24.1. The van der Waals surface area contributed by atoms with Crippen LogP contribution in [0.15, 0.2) is 12.1 Å². The van der Waals surface area contributed by atoms with Crippen molar-refractivity contribution in [3.63, 3.8) is 0 Å². The van der Waals surface area contributed by atoms with Crippen molar-refractivity contribution in [2.75, 3.05) is 6.54 Å². The Morgan fingerprint density at radius 3 is 1.72 bits per heavy atom. The molecule has 4 aliphatic rings. The fourth-order valence-corrected chi connectivity index (χ4v) is 7.49. The lowest BCUT2D eigenvalue weighted by molar-refractivity contribution is -0.120. The fraction of sp³-hybridized carbons (Fsp3) is 0.484. The molecule has 0 spiro atoms. The standard InChI is InChI=1S/C16H20N2OS.C15H17N3S/c17-15(20)9-18-16(19)8-14-12-5-1-3-10(12)7-11-4-2-6-13(11)14;19-15-16-14(17-18-15)8-13-11-5-1-3-9(11)7-10-4-2-6-12(10)13/h7H,1-6,8-9H2,(H2,17,20)(H,18,19);7H,1-6,8H2,(H2,16,17,18,19). The molecule has 0 bridgehead atoms. The van der Waals surface area contributed by atoms with Crippen molar-refractivity contribution in [1.29, 1.82) is 0 Å². The van der Waals surface area contributed by atoms with Crippen LogP contribution in [0.2, 0.25) is 0 Å². The number of benzene rings is 2. The molecule has 204 valence electrons. The Labute approximate surface area is 240 Å². The van der Waals surface area contributed by atoms with E-state index in [-0.39, 0.29) is 5.91 Å². The van der Waals surface area contributed by atoms with Gasteiger partial charge in [-0.3, -0.25) is 15.0 Å². The molecule has 1 amide bonds. The monoisotopic (exact) mass is 559 g/mol. The highest BCUT2D eigenvalue weighted by atomic mass is 32.1. The van der Waals surface area contributed by atoms with Crippen molar-refractivity contribution < 1.29 is 4.79 Å². The number of aromatic nitrogens is 3. The molecule has 4 aliphatic carbocycles. The van der Waals surface area contributed by atoms with Crippen LogP contribution in [0.3, 0.4) is 0 Å². The lowest BCUT2D eigenvalue weighted by Crippen LogP contribution is -2.33.